The van der Waals surface area contributed by atoms with Crippen molar-refractivity contribution in [2.24, 2.45) is 21.7 Å². The molecule has 1 aromatic rings. The largest absolute Gasteiger partial charge is 0.497 e. The molecule has 0 N–H and O–H groups in total. The van der Waals surface area contributed by atoms with E-state index in [4.69, 9.17) is 4.74 Å². The summed E-state index contributed by atoms with van der Waals surface area (Å²) in [4.78, 5) is 17.4. The molecule has 0 aromatic heterocycles. The van der Waals surface area contributed by atoms with E-state index in [1.807, 2.05) is 24.3 Å². The van der Waals surface area contributed by atoms with Crippen molar-refractivity contribution >= 4 is 11.5 Å². The highest BCUT2D eigenvalue weighted by Crippen LogP contribution is 2.62. The molecule has 0 radical (unpaired) electrons. The number of methoxy groups -OCH3 is 1. The lowest BCUT2D eigenvalue weighted by atomic mass is 9.70. The van der Waals surface area contributed by atoms with Gasteiger partial charge in [0.1, 0.15) is 5.75 Å². The van der Waals surface area contributed by atoms with E-state index in [-0.39, 0.29) is 16.6 Å². The van der Waals surface area contributed by atoms with Gasteiger partial charge in [0, 0.05) is 11.3 Å². The number of aliphatic imine (C=N–C) groups is 1. The second-order valence-corrected chi connectivity index (χ2v) is 7.02. The summed E-state index contributed by atoms with van der Waals surface area (Å²) >= 11 is 0. The summed E-state index contributed by atoms with van der Waals surface area (Å²) in [6.07, 6.45) is 2.10. The van der Waals surface area contributed by atoms with E-state index in [0.717, 1.165) is 29.9 Å². The van der Waals surface area contributed by atoms with Crippen molar-refractivity contribution in [3.63, 3.8) is 0 Å². The second kappa shape index (κ2) is 4.69. The maximum Gasteiger partial charge on any atom is 0.183 e. The average Bonchev–Trinajstić information content (AvgIpc) is 2.78. The summed E-state index contributed by atoms with van der Waals surface area (Å²) < 4.78 is 5.16. The van der Waals surface area contributed by atoms with Crippen LogP contribution in [-0.4, -0.2) is 18.6 Å². The van der Waals surface area contributed by atoms with Crippen molar-refractivity contribution < 1.29 is 9.53 Å². The molecule has 0 unspecified atom stereocenters. The van der Waals surface area contributed by atoms with Gasteiger partial charge < -0.3 is 4.74 Å². The van der Waals surface area contributed by atoms with Crippen LogP contribution in [0.5, 0.6) is 5.75 Å². The Hall–Kier alpha value is -1.64. The van der Waals surface area contributed by atoms with Gasteiger partial charge in [-0.05, 0) is 36.0 Å². The number of rotatable bonds is 3. The molecular formula is C18H23NO2. The Morgan fingerprint density at radius 2 is 1.90 bits per heavy atom. The Kier molecular flexibility index (Phi) is 3.19. The highest BCUT2D eigenvalue weighted by Gasteiger charge is 2.64. The molecule has 0 heterocycles. The molecule has 0 saturated heterocycles. The molecule has 3 heteroatoms. The molecule has 2 aliphatic carbocycles. The lowest BCUT2D eigenvalue weighted by Crippen LogP contribution is -2.33. The van der Waals surface area contributed by atoms with Gasteiger partial charge in [0.15, 0.2) is 5.78 Å². The summed E-state index contributed by atoms with van der Waals surface area (Å²) in [5.41, 5.74) is 1.77. The predicted molar refractivity (Wildman–Crippen MR) is 83.8 cm³/mol. The molecule has 2 atom stereocenters. The highest BCUT2D eigenvalue weighted by molar-refractivity contribution is 6.45. The fourth-order valence-corrected chi connectivity index (χ4v) is 3.92. The van der Waals surface area contributed by atoms with Crippen LogP contribution in [0.25, 0.3) is 0 Å². The van der Waals surface area contributed by atoms with E-state index >= 15 is 0 Å². The fourth-order valence-electron chi connectivity index (χ4n) is 3.92. The Morgan fingerprint density at radius 3 is 2.43 bits per heavy atom. The van der Waals surface area contributed by atoms with Crippen molar-refractivity contribution in [2.75, 3.05) is 7.11 Å². The van der Waals surface area contributed by atoms with Crippen molar-refractivity contribution in [3.8, 4) is 5.75 Å². The fraction of sp³-hybridized carbons (Fsp3) is 0.556. The molecule has 3 rings (SSSR count). The van der Waals surface area contributed by atoms with Crippen molar-refractivity contribution in [1.82, 2.24) is 0 Å². The van der Waals surface area contributed by atoms with Crippen LogP contribution in [-0.2, 0) is 11.3 Å². The molecule has 0 amide bonds. The molecular weight excluding hydrogens is 262 g/mol. The number of carbonyl (C=O) groups is 1. The summed E-state index contributed by atoms with van der Waals surface area (Å²) in [6.45, 7) is 7.13. The predicted octanol–water partition coefficient (Wildman–Crippen LogP) is 3.66. The number of fused-ring (bicyclic) bond motifs is 2. The van der Waals surface area contributed by atoms with Gasteiger partial charge in [-0.1, -0.05) is 32.9 Å². The molecule has 3 nitrogen and oxygen atoms in total. The molecule has 0 aliphatic heterocycles. The van der Waals surface area contributed by atoms with Crippen molar-refractivity contribution in [3.05, 3.63) is 29.8 Å². The number of ketones is 1. The van der Waals surface area contributed by atoms with E-state index in [9.17, 15) is 4.79 Å². The summed E-state index contributed by atoms with van der Waals surface area (Å²) in [5.74, 6) is 1.45. The first-order valence-electron chi connectivity index (χ1n) is 7.62. The van der Waals surface area contributed by atoms with Crippen LogP contribution in [0.2, 0.25) is 0 Å². The smallest absolute Gasteiger partial charge is 0.183 e. The first-order chi connectivity index (χ1) is 9.90. The van der Waals surface area contributed by atoms with Gasteiger partial charge in [0.05, 0.1) is 19.4 Å². The third-order valence-electron chi connectivity index (χ3n) is 5.88. The Bertz CT molecular complexity index is 600. The maximum atomic E-state index is 12.7. The minimum Gasteiger partial charge on any atom is -0.497 e. The van der Waals surface area contributed by atoms with E-state index in [2.05, 4.69) is 25.8 Å². The van der Waals surface area contributed by atoms with Crippen LogP contribution < -0.4 is 4.74 Å². The third kappa shape index (κ3) is 1.94. The molecule has 112 valence electrons. The van der Waals surface area contributed by atoms with Crippen molar-refractivity contribution in [2.45, 2.75) is 40.2 Å². The Morgan fingerprint density at radius 1 is 1.24 bits per heavy atom. The topological polar surface area (TPSA) is 38.7 Å². The molecule has 0 spiro atoms. The van der Waals surface area contributed by atoms with Crippen LogP contribution in [0.3, 0.4) is 0 Å². The van der Waals surface area contributed by atoms with Gasteiger partial charge in [-0.3, -0.25) is 9.79 Å². The lowest BCUT2D eigenvalue weighted by molar-refractivity contribution is -0.123. The van der Waals surface area contributed by atoms with E-state index < -0.39 is 0 Å². The van der Waals surface area contributed by atoms with Gasteiger partial charge in [-0.15, -0.1) is 0 Å². The summed E-state index contributed by atoms with van der Waals surface area (Å²) in [6, 6.07) is 7.88. The quantitative estimate of drug-likeness (QED) is 0.850. The van der Waals surface area contributed by atoms with Crippen molar-refractivity contribution in [1.29, 1.82) is 0 Å². The van der Waals surface area contributed by atoms with Gasteiger partial charge in [-0.2, -0.15) is 0 Å². The van der Waals surface area contributed by atoms with Crippen LogP contribution in [0, 0.1) is 16.7 Å². The average molecular weight is 285 g/mol. The highest BCUT2D eigenvalue weighted by atomic mass is 16.5. The first-order valence-corrected chi connectivity index (χ1v) is 7.62. The minimum atomic E-state index is -0.212. The van der Waals surface area contributed by atoms with Crippen LogP contribution in [0.4, 0.5) is 0 Å². The number of carbonyl (C=O) groups excluding carboxylic acids is 1. The van der Waals surface area contributed by atoms with E-state index in [1.54, 1.807) is 7.11 Å². The lowest BCUT2D eigenvalue weighted by Gasteiger charge is -2.31. The van der Waals surface area contributed by atoms with Gasteiger partial charge >= 0.3 is 0 Å². The number of benzene rings is 1. The Labute approximate surface area is 126 Å². The molecule has 21 heavy (non-hydrogen) atoms. The molecule has 2 saturated carbocycles. The van der Waals surface area contributed by atoms with Gasteiger partial charge in [0.2, 0.25) is 0 Å². The molecule has 2 fully saturated rings. The SMILES string of the molecule is COc1ccc(CN=C2C(=O)[C@]3(C)CC[C@H]2C3(C)C)cc1. The minimum absolute atomic E-state index is 0.0445. The summed E-state index contributed by atoms with van der Waals surface area (Å²) in [5, 5.41) is 0. The van der Waals surface area contributed by atoms with E-state index in [0.29, 0.717) is 12.5 Å². The number of hydrogen-bond donors (Lipinski definition) is 0. The zero-order valence-electron chi connectivity index (χ0n) is 13.3. The molecule has 1 aromatic carbocycles. The van der Waals surface area contributed by atoms with Crippen LogP contribution >= 0.6 is 0 Å². The summed E-state index contributed by atoms with van der Waals surface area (Å²) in [7, 11) is 1.66. The number of Topliss-reactive ketones (excluding diaryl/α,β-unsaturated/α-hetero) is 1. The third-order valence-corrected chi connectivity index (χ3v) is 5.88. The van der Waals surface area contributed by atoms with E-state index in [1.165, 1.54) is 0 Å². The Balaban J connectivity index is 1.83. The number of hydrogen-bond acceptors (Lipinski definition) is 3. The standard InChI is InChI=1S/C18H23NO2/c1-17(2)14-9-10-18(17,3)16(20)15(14)19-11-12-5-7-13(21-4)8-6-12/h5-8,14H,9-11H2,1-4H3/t14-,18+/m1/s1. The van der Waals surface area contributed by atoms with Crippen LogP contribution in [0.15, 0.2) is 29.3 Å². The monoisotopic (exact) mass is 285 g/mol. The zero-order chi connectivity index (χ0) is 15.3. The zero-order valence-corrected chi connectivity index (χ0v) is 13.3. The molecule has 2 bridgehead atoms. The first kappa shape index (κ1) is 14.3. The number of nitrogens with zero attached hydrogens (tertiary/aromatic N) is 1. The second-order valence-electron chi connectivity index (χ2n) is 7.02. The van der Waals surface area contributed by atoms with Gasteiger partial charge in [-0.25, -0.2) is 0 Å². The normalized spacial score (nSPS) is 31.9. The maximum absolute atomic E-state index is 12.7. The van der Waals surface area contributed by atoms with Crippen LogP contribution in [0.1, 0.15) is 39.2 Å². The van der Waals surface area contributed by atoms with Gasteiger partial charge in [0.25, 0.3) is 0 Å². The number of ether oxygens (including phenoxy) is 1. The molecule has 2 aliphatic rings.